The first-order valence-electron chi connectivity index (χ1n) is 6.59. The van der Waals surface area contributed by atoms with Crippen LogP contribution in [0.2, 0.25) is 0 Å². The van der Waals surface area contributed by atoms with Gasteiger partial charge in [-0.05, 0) is 37.5 Å². The van der Waals surface area contributed by atoms with E-state index in [4.69, 9.17) is 5.11 Å². The molecular weight excluding hydrogens is 261 g/mol. The van der Waals surface area contributed by atoms with Crippen LogP contribution in [-0.4, -0.2) is 23.0 Å². The average molecular weight is 281 g/mol. The van der Waals surface area contributed by atoms with Gasteiger partial charge in [0, 0.05) is 12.5 Å². The minimum Gasteiger partial charge on any atom is -0.481 e. The fraction of sp³-hybridized carbons (Fsp3) is 0.467. The summed E-state index contributed by atoms with van der Waals surface area (Å²) in [5.41, 5.74) is 0.875. The number of rotatable bonds is 6. The van der Waals surface area contributed by atoms with Crippen molar-refractivity contribution in [2.24, 2.45) is 5.92 Å². The summed E-state index contributed by atoms with van der Waals surface area (Å²) in [5, 5.41) is 11.5. The molecule has 1 aromatic rings. The molecule has 3 unspecified atom stereocenters. The molecule has 110 valence electrons. The van der Waals surface area contributed by atoms with Crippen molar-refractivity contribution in [2.75, 3.05) is 0 Å². The Bertz CT molecular complexity index is 473. The van der Waals surface area contributed by atoms with E-state index in [1.165, 1.54) is 12.1 Å². The van der Waals surface area contributed by atoms with Gasteiger partial charge in [0.1, 0.15) is 5.82 Å². The first kappa shape index (κ1) is 16.1. The molecule has 0 saturated carbocycles. The molecule has 1 aromatic carbocycles. The topological polar surface area (TPSA) is 66.4 Å². The van der Waals surface area contributed by atoms with Crippen LogP contribution in [0.3, 0.4) is 0 Å². The summed E-state index contributed by atoms with van der Waals surface area (Å²) in [7, 11) is 0. The number of nitrogens with one attached hydrogen (secondary N) is 1. The van der Waals surface area contributed by atoms with Gasteiger partial charge in [-0.1, -0.05) is 19.1 Å². The zero-order valence-corrected chi connectivity index (χ0v) is 11.9. The molecule has 0 saturated heterocycles. The van der Waals surface area contributed by atoms with Gasteiger partial charge in [-0.2, -0.15) is 0 Å². The van der Waals surface area contributed by atoms with Gasteiger partial charge in [0.25, 0.3) is 0 Å². The van der Waals surface area contributed by atoms with Crippen LogP contribution < -0.4 is 5.32 Å². The molecule has 1 rings (SSSR count). The Labute approximate surface area is 118 Å². The van der Waals surface area contributed by atoms with Crippen molar-refractivity contribution in [3.63, 3.8) is 0 Å². The van der Waals surface area contributed by atoms with Gasteiger partial charge in [-0.25, -0.2) is 4.39 Å². The molecule has 3 atom stereocenters. The van der Waals surface area contributed by atoms with Gasteiger partial charge in [0.05, 0.1) is 5.92 Å². The van der Waals surface area contributed by atoms with Crippen LogP contribution >= 0.6 is 0 Å². The molecule has 20 heavy (non-hydrogen) atoms. The van der Waals surface area contributed by atoms with Crippen molar-refractivity contribution in [1.29, 1.82) is 0 Å². The minimum atomic E-state index is -0.940. The van der Waals surface area contributed by atoms with Gasteiger partial charge in [-0.3, -0.25) is 9.59 Å². The van der Waals surface area contributed by atoms with Crippen molar-refractivity contribution in [3.05, 3.63) is 35.6 Å². The van der Waals surface area contributed by atoms with Crippen LogP contribution in [0.4, 0.5) is 4.39 Å². The lowest BCUT2D eigenvalue weighted by molar-refractivity contribution is -0.142. The molecule has 0 aromatic heterocycles. The summed E-state index contributed by atoms with van der Waals surface area (Å²) in [6.45, 7) is 5.09. The molecule has 1 amide bonds. The lowest BCUT2D eigenvalue weighted by atomic mass is 9.96. The lowest BCUT2D eigenvalue weighted by Gasteiger charge is -2.19. The van der Waals surface area contributed by atoms with Gasteiger partial charge in [0.2, 0.25) is 5.91 Å². The second kappa shape index (κ2) is 7.03. The molecule has 0 aliphatic heterocycles. The second-order valence-corrected chi connectivity index (χ2v) is 5.14. The summed E-state index contributed by atoms with van der Waals surface area (Å²) >= 11 is 0. The number of hydrogen-bond acceptors (Lipinski definition) is 2. The molecule has 0 radical (unpaired) electrons. The first-order valence-corrected chi connectivity index (χ1v) is 6.59. The summed E-state index contributed by atoms with van der Waals surface area (Å²) in [5.74, 6) is -2.15. The molecule has 4 nitrogen and oxygen atoms in total. The van der Waals surface area contributed by atoms with E-state index in [9.17, 15) is 14.0 Å². The molecule has 0 fully saturated rings. The van der Waals surface area contributed by atoms with Crippen LogP contribution in [0, 0.1) is 11.7 Å². The Morgan fingerprint density at radius 3 is 2.25 bits per heavy atom. The number of carbonyl (C=O) groups excluding carboxylic acids is 1. The molecular formula is C15H20FNO3. The highest BCUT2D eigenvalue weighted by molar-refractivity contribution is 5.78. The maximum absolute atomic E-state index is 12.8. The molecule has 0 heterocycles. The number of hydrogen-bond donors (Lipinski definition) is 2. The first-order chi connectivity index (χ1) is 9.31. The third-order valence-electron chi connectivity index (χ3n) is 3.46. The third-order valence-corrected chi connectivity index (χ3v) is 3.46. The molecule has 5 heteroatoms. The smallest absolute Gasteiger partial charge is 0.308 e. The normalized spacial score (nSPS) is 15.2. The van der Waals surface area contributed by atoms with Crippen molar-refractivity contribution >= 4 is 11.9 Å². The van der Waals surface area contributed by atoms with Crippen LogP contribution in [0.5, 0.6) is 0 Å². The summed E-state index contributed by atoms with van der Waals surface area (Å²) < 4.78 is 12.8. The van der Waals surface area contributed by atoms with Crippen LogP contribution in [-0.2, 0) is 9.59 Å². The highest BCUT2D eigenvalue weighted by atomic mass is 19.1. The predicted octanol–water partition coefficient (Wildman–Crippen LogP) is 2.54. The lowest BCUT2D eigenvalue weighted by Crippen LogP contribution is -2.40. The van der Waals surface area contributed by atoms with E-state index < -0.39 is 17.9 Å². The number of carbonyl (C=O) groups is 2. The fourth-order valence-corrected chi connectivity index (χ4v) is 1.84. The minimum absolute atomic E-state index is 0.0528. The molecule has 0 aliphatic rings. The van der Waals surface area contributed by atoms with E-state index in [0.717, 1.165) is 5.56 Å². The van der Waals surface area contributed by atoms with Gasteiger partial charge < -0.3 is 10.4 Å². The number of halogens is 1. The van der Waals surface area contributed by atoms with Gasteiger partial charge in [0.15, 0.2) is 0 Å². The number of benzene rings is 1. The largest absolute Gasteiger partial charge is 0.481 e. The van der Waals surface area contributed by atoms with Crippen molar-refractivity contribution < 1.29 is 19.1 Å². The second-order valence-electron chi connectivity index (χ2n) is 5.14. The zero-order valence-electron chi connectivity index (χ0n) is 11.9. The van der Waals surface area contributed by atoms with E-state index in [0.29, 0.717) is 0 Å². The monoisotopic (exact) mass is 281 g/mol. The van der Waals surface area contributed by atoms with E-state index >= 15 is 0 Å². The summed E-state index contributed by atoms with van der Waals surface area (Å²) in [4.78, 5) is 22.7. The van der Waals surface area contributed by atoms with E-state index in [1.807, 2.05) is 6.92 Å². The quantitative estimate of drug-likeness (QED) is 0.842. The molecule has 0 aliphatic carbocycles. The molecule has 0 spiro atoms. The average Bonchev–Trinajstić information content (AvgIpc) is 2.37. The van der Waals surface area contributed by atoms with Gasteiger partial charge in [-0.15, -0.1) is 0 Å². The summed E-state index contributed by atoms with van der Waals surface area (Å²) in [6.07, 6.45) is 0.238. The van der Waals surface area contributed by atoms with E-state index in [2.05, 4.69) is 5.32 Å². The highest BCUT2D eigenvalue weighted by Gasteiger charge is 2.21. The van der Waals surface area contributed by atoms with Gasteiger partial charge >= 0.3 is 5.97 Å². The number of carboxylic acids is 1. The van der Waals surface area contributed by atoms with Crippen LogP contribution in [0.1, 0.15) is 38.7 Å². The Morgan fingerprint density at radius 1 is 1.20 bits per heavy atom. The fourth-order valence-electron chi connectivity index (χ4n) is 1.84. The van der Waals surface area contributed by atoms with E-state index in [-0.39, 0.29) is 24.1 Å². The standard InChI is InChI=1S/C15H20FNO3/c1-9(12-4-6-13(16)7-5-12)8-14(18)17-11(3)10(2)15(19)20/h4-7,9-11H,8H2,1-3H3,(H,17,18)(H,19,20). The van der Waals surface area contributed by atoms with Crippen molar-refractivity contribution in [1.82, 2.24) is 5.32 Å². The van der Waals surface area contributed by atoms with Crippen LogP contribution in [0.25, 0.3) is 0 Å². The Balaban J connectivity index is 2.53. The SMILES string of the molecule is CC(CC(=O)NC(C)C(C)C(=O)O)c1ccc(F)cc1. The predicted molar refractivity (Wildman–Crippen MR) is 73.8 cm³/mol. The number of carboxylic acid groups (broad SMARTS) is 1. The maximum Gasteiger partial charge on any atom is 0.308 e. The van der Waals surface area contributed by atoms with Crippen molar-refractivity contribution in [3.8, 4) is 0 Å². The number of aliphatic carboxylic acids is 1. The Hall–Kier alpha value is -1.91. The highest BCUT2D eigenvalue weighted by Crippen LogP contribution is 2.19. The number of amides is 1. The summed E-state index contributed by atoms with van der Waals surface area (Å²) in [6, 6.07) is 5.59. The van der Waals surface area contributed by atoms with Crippen molar-refractivity contribution in [2.45, 2.75) is 39.2 Å². The third kappa shape index (κ3) is 4.64. The maximum atomic E-state index is 12.8. The zero-order chi connectivity index (χ0) is 15.3. The van der Waals surface area contributed by atoms with E-state index in [1.54, 1.807) is 26.0 Å². The Morgan fingerprint density at radius 2 is 1.75 bits per heavy atom. The Kier molecular flexibility index (Phi) is 5.67. The molecule has 2 N–H and O–H groups in total. The molecule has 0 bridgehead atoms. The van der Waals surface area contributed by atoms with Crippen LogP contribution in [0.15, 0.2) is 24.3 Å².